The Kier molecular flexibility index (Phi) is 5.57. The number of allylic oxidation sites excluding steroid dienone is 2. The van der Waals surface area contributed by atoms with Crippen LogP contribution in [0.5, 0.6) is 0 Å². The van der Waals surface area contributed by atoms with Gasteiger partial charge in [-0.25, -0.2) is 0 Å². The molecule has 0 aliphatic rings. The van der Waals surface area contributed by atoms with Crippen LogP contribution < -0.4 is 11.5 Å². The second kappa shape index (κ2) is 6.95. The number of hydrogen-bond acceptors (Lipinski definition) is 3. The predicted octanol–water partition coefficient (Wildman–Crippen LogP) is 1.68. The van der Waals surface area contributed by atoms with E-state index in [1.807, 2.05) is 30.3 Å². The van der Waals surface area contributed by atoms with Gasteiger partial charge >= 0.3 is 5.97 Å². The summed E-state index contributed by atoms with van der Waals surface area (Å²) >= 11 is 0. The number of rotatable bonds is 6. The Morgan fingerprint density at radius 2 is 1.79 bits per heavy atom. The molecule has 1 aromatic carbocycles. The van der Waals surface area contributed by atoms with Gasteiger partial charge in [0.1, 0.15) is 6.04 Å². The zero-order chi connectivity index (χ0) is 14.4. The van der Waals surface area contributed by atoms with Crippen LogP contribution in [-0.4, -0.2) is 17.1 Å². The van der Waals surface area contributed by atoms with Crippen molar-refractivity contribution in [2.45, 2.75) is 32.7 Å². The van der Waals surface area contributed by atoms with Gasteiger partial charge < -0.3 is 16.6 Å². The lowest BCUT2D eigenvalue weighted by Crippen LogP contribution is -2.32. The average Bonchev–Trinajstić information content (AvgIpc) is 2.37. The molecule has 4 heteroatoms. The first-order valence-corrected chi connectivity index (χ1v) is 6.42. The third-order valence-electron chi connectivity index (χ3n) is 3.04. The quantitative estimate of drug-likeness (QED) is 0.727. The number of hydrogen-bond donors (Lipinski definition) is 3. The highest BCUT2D eigenvalue weighted by Gasteiger charge is 2.11. The van der Waals surface area contributed by atoms with E-state index in [9.17, 15) is 4.79 Å². The SMILES string of the molecule is CC(C)/C(N)=C/Cc1ccc(CC(N)C(=O)O)cc1. The van der Waals surface area contributed by atoms with Gasteiger partial charge in [-0.2, -0.15) is 0 Å². The van der Waals surface area contributed by atoms with Crippen LogP contribution in [0.2, 0.25) is 0 Å². The van der Waals surface area contributed by atoms with E-state index < -0.39 is 12.0 Å². The molecule has 0 bridgehead atoms. The van der Waals surface area contributed by atoms with Gasteiger partial charge in [0.15, 0.2) is 0 Å². The van der Waals surface area contributed by atoms with Crippen LogP contribution in [0, 0.1) is 5.92 Å². The zero-order valence-electron chi connectivity index (χ0n) is 11.5. The normalized spacial score (nSPS) is 13.6. The maximum absolute atomic E-state index is 10.7. The van der Waals surface area contributed by atoms with E-state index in [1.165, 1.54) is 0 Å². The van der Waals surface area contributed by atoms with E-state index >= 15 is 0 Å². The topological polar surface area (TPSA) is 89.3 Å². The van der Waals surface area contributed by atoms with Gasteiger partial charge in [0.25, 0.3) is 0 Å². The van der Waals surface area contributed by atoms with Crippen LogP contribution in [0.4, 0.5) is 0 Å². The molecule has 0 aromatic heterocycles. The summed E-state index contributed by atoms with van der Waals surface area (Å²) < 4.78 is 0. The molecule has 0 aliphatic carbocycles. The monoisotopic (exact) mass is 262 g/mol. The van der Waals surface area contributed by atoms with Crippen LogP contribution >= 0.6 is 0 Å². The van der Waals surface area contributed by atoms with Crippen molar-refractivity contribution in [3.8, 4) is 0 Å². The third kappa shape index (κ3) is 5.14. The first-order chi connectivity index (χ1) is 8.90. The van der Waals surface area contributed by atoms with Crippen molar-refractivity contribution in [3.05, 3.63) is 47.2 Å². The van der Waals surface area contributed by atoms with Crippen molar-refractivity contribution in [3.63, 3.8) is 0 Å². The summed E-state index contributed by atoms with van der Waals surface area (Å²) in [6.45, 7) is 4.12. The molecule has 0 radical (unpaired) electrons. The first kappa shape index (κ1) is 15.2. The van der Waals surface area contributed by atoms with Crippen molar-refractivity contribution in [2.24, 2.45) is 17.4 Å². The summed E-state index contributed by atoms with van der Waals surface area (Å²) in [6, 6.07) is 6.94. The third-order valence-corrected chi connectivity index (χ3v) is 3.04. The minimum Gasteiger partial charge on any atom is -0.480 e. The molecule has 1 atom stereocenters. The Morgan fingerprint density at radius 3 is 2.26 bits per heavy atom. The number of benzene rings is 1. The molecule has 0 aliphatic heterocycles. The standard InChI is InChI=1S/C15H22N2O2/c1-10(2)13(16)8-7-11-3-5-12(6-4-11)9-14(17)15(18)19/h3-6,8,10,14H,7,9,16-17H2,1-2H3,(H,18,19)/b13-8-. The minimum absolute atomic E-state index is 0.347. The largest absolute Gasteiger partial charge is 0.480 e. The molecule has 0 heterocycles. The fourth-order valence-electron chi connectivity index (χ4n) is 1.62. The molecule has 0 saturated carbocycles. The Labute approximate surface area is 114 Å². The summed E-state index contributed by atoms with van der Waals surface area (Å²) in [5.74, 6) is -0.621. The predicted molar refractivity (Wildman–Crippen MR) is 76.6 cm³/mol. The fourth-order valence-corrected chi connectivity index (χ4v) is 1.62. The molecule has 1 rings (SSSR count). The maximum atomic E-state index is 10.7. The van der Waals surface area contributed by atoms with E-state index in [2.05, 4.69) is 13.8 Å². The molecule has 0 amide bonds. The van der Waals surface area contributed by atoms with Crippen LogP contribution in [0.25, 0.3) is 0 Å². The van der Waals surface area contributed by atoms with Crippen LogP contribution in [-0.2, 0) is 17.6 Å². The highest BCUT2D eigenvalue weighted by atomic mass is 16.4. The summed E-state index contributed by atoms with van der Waals surface area (Å²) in [4.78, 5) is 10.7. The number of carbonyl (C=O) groups is 1. The van der Waals surface area contributed by atoms with E-state index in [1.54, 1.807) is 0 Å². The molecule has 5 N–H and O–H groups in total. The van der Waals surface area contributed by atoms with E-state index in [0.717, 1.165) is 23.2 Å². The van der Waals surface area contributed by atoms with Crippen molar-refractivity contribution in [1.82, 2.24) is 0 Å². The van der Waals surface area contributed by atoms with Gasteiger partial charge in [-0.1, -0.05) is 44.2 Å². The lowest BCUT2D eigenvalue weighted by Gasteiger charge is -2.08. The molecular weight excluding hydrogens is 240 g/mol. The van der Waals surface area contributed by atoms with Crippen LogP contribution in [0.1, 0.15) is 25.0 Å². The lowest BCUT2D eigenvalue weighted by atomic mass is 10.0. The van der Waals surface area contributed by atoms with Crippen molar-refractivity contribution < 1.29 is 9.90 Å². The molecule has 1 aromatic rings. The minimum atomic E-state index is -0.975. The Hall–Kier alpha value is -1.81. The molecule has 104 valence electrons. The van der Waals surface area contributed by atoms with Crippen molar-refractivity contribution >= 4 is 5.97 Å². The van der Waals surface area contributed by atoms with E-state index in [0.29, 0.717) is 12.3 Å². The molecule has 4 nitrogen and oxygen atoms in total. The van der Waals surface area contributed by atoms with Gasteiger partial charge in [0.2, 0.25) is 0 Å². The van der Waals surface area contributed by atoms with Gasteiger partial charge in [-0.05, 0) is 29.9 Å². The van der Waals surface area contributed by atoms with E-state index in [-0.39, 0.29) is 0 Å². The molecule has 1 unspecified atom stereocenters. The van der Waals surface area contributed by atoms with Gasteiger partial charge in [0, 0.05) is 5.70 Å². The summed E-state index contributed by atoms with van der Waals surface area (Å²) in [7, 11) is 0. The summed E-state index contributed by atoms with van der Waals surface area (Å²) in [5, 5.41) is 8.75. The van der Waals surface area contributed by atoms with Crippen molar-refractivity contribution in [1.29, 1.82) is 0 Å². The average molecular weight is 262 g/mol. The van der Waals surface area contributed by atoms with Gasteiger partial charge in [-0.3, -0.25) is 4.79 Å². The molecule has 19 heavy (non-hydrogen) atoms. The number of carboxylic acid groups (broad SMARTS) is 1. The number of carboxylic acids is 1. The Balaban J connectivity index is 2.62. The molecular formula is C15H22N2O2. The van der Waals surface area contributed by atoms with E-state index in [4.69, 9.17) is 16.6 Å². The Bertz CT molecular complexity index is 450. The molecule has 0 spiro atoms. The Morgan fingerprint density at radius 1 is 1.26 bits per heavy atom. The second-order valence-corrected chi connectivity index (χ2v) is 5.03. The van der Waals surface area contributed by atoms with Crippen LogP contribution in [0.3, 0.4) is 0 Å². The molecule has 0 fully saturated rings. The van der Waals surface area contributed by atoms with Crippen molar-refractivity contribution in [2.75, 3.05) is 0 Å². The molecule has 0 saturated heterocycles. The van der Waals surface area contributed by atoms with Gasteiger partial charge in [0.05, 0.1) is 0 Å². The number of aliphatic carboxylic acids is 1. The second-order valence-electron chi connectivity index (χ2n) is 5.03. The number of nitrogens with two attached hydrogens (primary N) is 2. The summed E-state index contributed by atoms with van der Waals surface area (Å²) in [5.41, 5.74) is 14.3. The smallest absolute Gasteiger partial charge is 0.320 e. The summed E-state index contributed by atoms with van der Waals surface area (Å²) in [6.07, 6.45) is 3.15. The highest BCUT2D eigenvalue weighted by molar-refractivity contribution is 5.73. The zero-order valence-corrected chi connectivity index (χ0v) is 11.5. The lowest BCUT2D eigenvalue weighted by molar-refractivity contribution is -0.138. The fraction of sp³-hybridized carbons (Fsp3) is 0.400. The first-order valence-electron chi connectivity index (χ1n) is 6.42. The highest BCUT2D eigenvalue weighted by Crippen LogP contribution is 2.10. The van der Waals surface area contributed by atoms with Crippen LogP contribution in [0.15, 0.2) is 36.0 Å². The maximum Gasteiger partial charge on any atom is 0.320 e. The van der Waals surface area contributed by atoms with Gasteiger partial charge in [-0.15, -0.1) is 0 Å².